The Morgan fingerprint density at radius 2 is 2.06 bits per heavy atom. The van der Waals surface area contributed by atoms with Gasteiger partial charge < -0.3 is 15.4 Å². The first-order chi connectivity index (χ1) is 6.99. The molecule has 0 aliphatic carbocycles. The Balaban J connectivity index is 0.00000225. The summed E-state index contributed by atoms with van der Waals surface area (Å²) in [5.74, 6) is -0.183. The smallest absolute Gasteiger partial charge is 0.370 e. The Morgan fingerprint density at radius 3 is 2.50 bits per heavy atom. The molecule has 1 aliphatic heterocycles. The highest BCUT2D eigenvalue weighted by Crippen LogP contribution is 2.13. The zero-order chi connectivity index (χ0) is 11.3. The molecule has 0 saturated carbocycles. The van der Waals surface area contributed by atoms with Gasteiger partial charge in [-0.25, -0.2) is 0 Å². The normalized spacial score (nSPS) is 16.2. The molecule has 1 rings (SSSR count). The molecule has 0 unspecified atom stereocenters. The lowest BCUT2D eigenvalue weighted by Crippen LogP contribution is -2.51. The van der Waals surface area contributed by atoms with E-state index in [1.54, 1.807) is 0 Å². The maximum atomic E-state index is 11.6. The molecule has 8 heteroatoms. The maximum absolute atomic E-state index is 11.6. The van der Waals surface area contributed by atoms with Crippen molar-refractivity contribution in [2.75, 3.05) is 32.8 Å². The Hall–Kier alpha value is -0.530. The van der Waals surface area contributed by atoms with Crippen molar-refractivity contribution in [2.45, 2.75) is 6.18 Å². The van der Waals surface area contributed by atoms with E-state index in [9.17, 15) is 18.0 Å². The number of alkyl halides is 3. The first-order valence-corrected chi connectivity index (χ1v) is 4.62. The van der Waals surface area contributed by atoms with Crippen LogP contribution in [0.3, 0.4) is 0 Å². The van der Waals surface area contributed by atoms with E-state index in [1.807, 2.05) is 0 Å². The van der Waals surface area contributed by atoms with Crippen LogP contribution < -0.4 is 10.6 Å². The second kappa shape index (κ2) is 6.93. The minimum atomic E-state index is -4.30. The molecule has 0 aromatic carbocycles. The van der Waals surface area contributed by atoms with Crippen LogP contribution in [0.15, 0.2) is 0 Å². The topological polar surface area (TPSA) is 50.4 Å². The fourth-order valence-corrected chi connectivity index (χ4v) is 1.05. The third-order valence-electron chi connectivity index (χ3n) is 1.96. The standard InChI is InChI=1S/C8H13F3N2O2.ClH/c9-8(10,11)5-15-2-1-13-7(14)6-3-12-4-6;/h6,12H,1-5H2,(H,13,14);1H. The van der Waals surface area contributed by atoms with Gasteiger partial charge >= 0.3 is 6.18 Å². The van der Waals surface area contributed by atoms with Gasteiger partial charge in [0.1, 0.15) is 6.61 Å². The van der Waals surface area contributed by atoms with E-state index in [2.05, 4.69) is 15.4 Å². The largest absolute Gasteiger partial charge is 0.411 e. The Bertz CT molecular complexity index is 222. The van der Waals surface area contributed by atoms with Gasteiger partial charge in [-0.3, -0.25) is 4.79 Å². The molecular weight excluding hydrogens is 249 g/mol. The number of ether oxygens (including phenoxy) is 1. The number of hydrogen-bond acceptors (Lipinski definition) is 3. The van der Waals surface area contributed by atoms with Crippen molar-refractivity contribution in [3.63, 3.8) is 0 Å². The monoisotopic (exact) mass is 262 g/mol. The van der Waals surface area contributed by atoms with Crippen LogP contribution in [0.4, 0.5) is 13.2 Å². The molecule has 0 atom stereocenters. The number of rotatable bonds is 5. The van der Waals surface area contributed by atoms with Crippen LogP contribution in [-0.2, 0) is 9.53 Å². The quantitative estimate of drug-likeness (QED) is 0.702. The van der Waals surface area contributed by atoms with Gasteiger partial charge in [0.15, 0.2) is 0 Å². The van der Waals surface area contributed by atoms with Crippen molar-refractivity contribution in [3.8, 4) is 0 Å². The van der Waals surface area contributed by atoms with Crippen molar-refractivity contribution < 1.29 is 22.7 Å². The van der Waals surface area contributed by atoms with E-state index >= 15 is 0 Å². The maximum Gasteiger partial charge on any atom is 0.411 e. The summed E-state index contributed by atoms with van der Waals surface area (Å²) in [6.07, 6.45) is -4.30. The minimum Gasteiger partial charge on any atom is -0.370 e. The van der Waals surface area contributed by atoms with Crippen molar-refractivity contribution in [1.82, 2.24) is 10.6 Å². The lowest BCUT2D eigenvalue weighted by atomic mass is 10.0. The number of carbonyl (C=O) groups excluding carboxylic acids is 1. The van der Waals surface area contributed by atoms with Crippen molar-refractivity contribution in [2.24, 2.45) is 5.92 Å². The molecule has 1 heterocycles. The van der Waals surface area contributed by atoms with Crippen molar-refractivity contribution >= 4 is 18.3 Å². The summed E-state index contributed by atoms with van der Waals surface area (Å²) in [7, 11) is 0. The van der Waals surface area contributed by atoms with Crippen LogP contribution in [0.25, 0.3) is 0 Å². The Morgan fingerprint density at radius 1 is 1.44 bits per heavy atom. The number of amides is 1. The van der Waals surface area contributed by atoms with E-state index in [-0.39, 0.29) is 37.4 Å². The molecule has 0 spiro atoms. The fourth-order valence-electron chi connectivity index (χ4n) is 1.05. The lowest BCUT2D eigenvalue weighted by Gasteiger charge is -2.25. The van der Waals surface area contributed by atoms with Gasteiger partial charge in [0.05, 0.1) is 12.5 Å². The number of halogens is 4. The average molecular weight is 263 g/mol. The molecule has 1 fully saturated rings. The number of hydrogen-bond donors (Lipinski definition) is 2. The van der Waals surface area contributed by atoms with Crippen LogP contribution in [-0.4, -0.2) is 44.9 Å². The second-order valence-electron chi connectivity index (χ2n) is 3.31. The van der Waals surface area contributed by atoms with Gasteiger partial charge in [-0.15, -0.1) is 12.4 Å². The lowest BCUT2D eigenvalue weighted by molar-refractivity contribution is -0.173. The second-order valence-corrected chi connectivity index (χ2v) is 3.31. The van der Waals surface area contributed by atoms with E-state index in [0.717, 1.165) is 0 Å². The SMILES string of the molecule is Cl.O=C(NCCOCC(F)(F)F)C1CNC1. The summed E-state index contributed by atoms with van der Waals surface area (Å²) in [5.41, 5.74) is 0. The average Bonchev–Trinajstić information content (AvgIpc) is 1.97. The molecule has 2 N–H and O–H groups in total. The van der Waals surface area contributed by atoms with E-state index in [0.29, 0.717) is 13.1 Å². The molecule has 4 nitrogen and oxygen atoms in total. The predicted molar refractivity (Wildman–Crippen MR) is 53.5 cm³/mol. The summed E-state index contributed by atoms with van der Waals surface area (Å²) in [5, 5.41) is 5.42. The molecule has 0 aromatic heterocycles. The molecule has 1 amide bonds. The fraction of sp³-hybridized carbons (Fsp3) is 0.875. The van der Waals surface area contributed by atoms with Gasteiger partial charge in [-0.1, -0.05) is 0 Å². The van der Waals surface area contributed by atoms with Crippen molar-refractivity contribution in [3.05, 3.63) is 0 Å². The highest BCUT2D eigenvalue weighted by Gasteiger charge is 2.27. The van der Waals surface area contributed by atoms with Gasteiger partial charge in [0.2, 0.25) is 5.91 Å². The van der Waals surface area contributed by atoms with Gasteiger partial charge in [0, 0.05) is 19.6 Å². The highest BCUT2D eigenvalue weighted by atomic mass is 35.5. The first kappa shape index (κ1) is 15.5. The Labute approximate surface area is 97.3 Å². The van der Waals surface area contributed by atoms with Crippen LogP contribution in [0.2, 0.25) is 0 Å². The zero-order valence-corrected chi connectivity index (χ0v) is 9.29. The molecule has 96 valence electrons. The summed E-state index contributed by atoms with van der Waals surface area (Å²) in [6.45, 7) is -0.00481. The van der Waals surface area contributed by atoms with Crippen molar-refractivity contribution in [1.29, 1.82) is 0 Å². The summed E-state index contributed by atoms with van der Waals surface area (Å²) in [6, 6.07) is 0. The Kier molecular flexibility index (Phi) is 6.70. The third kappa shape index (κ3) is 6.14. The molecule has 1 saturated heterocycles. The molecule has 0 radical (unpaired) electrons. The third-order valence-corrected chi connectivity index (χ3v) is 1.96. The first-order valence-electron chi connectivity index (χ1n) is 4.62. The zero-order valence-electron chi connectivity index (χ0n) is 8.47. The summed E-state index contributed by atoms with van der Waals surface area (Å²) < 4.78 is 39.2. The molecule has 0 aromatic rings. The van der Waals surface area contributed by atoms with E-state index < -0.39 is 12.8 Å². The molecular formula is C8H14ClF3N2O2. The van der Waals surface area contributed by atoms with Crippen LogP contribution >= 0.6 is 12.4 Å². The van der Waals surface area contributed by atoms with E-state index in [4.69, 9.17) is 0 Å². The van der Waals surface area contributed by atoms with Crippen LogP contribution in [0, 0.1) is 5.92 Å². The van der Waals surface area contributed by atoms with Crippen LogP contribution in [0.1, 0.15) is 0 Å². The molecule has 16 heavy (non-hydrogen) atoms. The van der Waals surface area contributed by atoms with Gasteiger partial charge in [-0.2, -0.15) is 13.2 Å². The number of carbonyl (C=O) groups is 1. The predicted octanol–water partition coefficient (Wildman–Crippen LogP) is 0.323. The molecule has 0 bridgehead atoms. The van der Waals surface area contributed by atoms with Gasteiger partial charge in [0.25, 0.3) is 0 Å². The molecule has 1 aliphatic rings. The van der Waals surface area contributed by atoms with Gasteiger partial charge in [-0.05, 0) is 0 Å². The summed E-state index contributed by atoms with van der Waals surface area (Å²) >= 11 is 0. The highest BCUT2D eigenvalue weighted by molar-refractivity contribution is 5.85. The minimum absolute atomic E-state index is 0. The van der Waals surface area contributed by atoms with E-state index in [1.165, 1.54) is 0 Å². The summed E-state index contributed by atoms with van der Waals surface area (Å²) in [4.78, 5) is 11.2. The number of nitrogens with one attached hydrogen (secondary N) is 2. The van der Waals surface area contributed by atoms with Crippen LogP contribution in [0.5, 0.6) is 0 Å².